The van der Waals surface area contributed by atoms with Crippen LogP contribution in [0.25, 0.3) is 0 Å². The topological polar surface area (TPSA) is 37.3 Å². The Kier molecular flexibility index (Phi) is 3.62. The van der Waals surface area contributed by atoms with E-state index in [0.717, 1.165) is 19.4 Å². The van der Waals surface area contributed by atoms with Crippen LogP contribution in [0.1, 0.15) is 38.3 Å². The maximum Gasteiger partial charge on any atom is 0.363 e. The normalized spacial score (nSPS) is 35.6. The average Bonchev–Trinajstić information content (AvgIpc) is 2.54. The molecule has 2 heterocycles. The molecule has 5 atom stereocenters. The molecule has 1 saturated heterocycles. The van der Waals surface area contributed by atoms with Gasteiger partial charge >= 0.3 is 5.97 Å². The Morgan fingerprint density at radius 3 is 2.52 bits per heavy atom. The molecule has 1 aromatic carbocycles. The number of likely N-dealkylation sites (N-methyl/N-ethyl adjacent to an activating group) is 1. The predicted octanol–water partition coefficient (Wildman–Crippen LogP) is 3.39. The molecule has 0 spiro atoms. The van der Waals surface area contributed by atoms with Crippen LogP contribution in [0.2, 0.25) is 0 Å². The minimum absolute atomic E-state index is 0.179. The maximum atomic E-state index is 12.0. The highest BCUT2D eigenvalue weighted by Gasteiger charge is 2.57. The summed E-state index contributed by atoms with van der Waals surface area (Å²) in [5.74, 6) is -0.461. The fourth-order valence-electron chi connectivity index (χ4n) is 4.68. The van der Waals surface area contributed by atoms with E-state index >= 15 is 0 Å². The number of benzene rings is 1. The molecular formula is C18H24NO2+. The van der Waals surface area contributed by atoms with Gasteiger partial charge in [-0.3, -0.25) is 0 Å². The Morgan fingerprint density at radius 1 is 1.29 bits per heavy atom. The largest absolute Gasteiger partial charge is 0.477 e. The number of quaternary nitrogens is 1. The smallest absolute Gasteiger partial charge is 0.363 e. The van der Waals surface area contributed by atoms with E-state index in [9.17, 15) is 9.90 Å². The number of carbonyl (C=O) groups is 1. The third-order valence-electron chi connectivity index (χ3n) is 5.72. The molecule has 0 saturated carbocycles. The summed E-state index contributed by atoms with van der Waals surface area (Å²) in [6.07, 6.45) is 6.54. The van der Waals surface area contributed by atoms with Crippen molar-refractivity contribution in [3.05, 3.63) is 48.0 Å². The first kappa shape index (κ1) is 14.3. The van der Waals surface area contributed by atoms with Crippen LogP contribution < -0.4 is 0 Å². The number of rotatable bonds is 4. The van der Waals surface area contributed by atoms with Gasteiger partial charge in [0, 0.05) is 17.9 Å². The summed E-state index contributed by atoms with van der Waals surface area (Å²) in [4.78, 5) is 12.0. The number of aliphatic carboxylic acids is 1. The lowest BCUT2D eigenvalue weighted by molar-refractivity contribution is -0.993. The Hall–Kier alpha value is -1.61. The molecule has 0 amide bonds. The van der Waals surface area contributed by atoms with Crippen LogP contribution in [0.4, 0.5) is 0 Å². The SMILES string of the molecule is CC[N@@+]1([C@H](C)c2ccccc2)C2C=C[C@@H](CC2)[C@H]1C(=O)O. The van der Waals surface area contributed by atoms with Gasteiger partial charge in [-0.1, -0.05) is 36.4 Å². The predicted molar refractivity (Wildman–Crippen MR) is 82.7 cm³/mol. The minimum Gasteiger partial charge on any atom is -0.477 e. The van der Waals surface area contributed by atoms with E-state index in [1.165, 1.54) is 5.56 Å². The van der Waals surface area contributed by atoms with Crippen molar-refractivity contribution in [1.82, 2.24) is 0 Å². The molecule has 0 aromatic heterocycles. The molecule has 1 aliphatic carbocycles. The molecule has 3 nitrogen and oxygen atoms in total. The van der Waals surface area contributed by atoms with Gasteiger partial charge in [0.05, 0.1) is 6.54 Å². The summed E-state index contributed by atoms with van der Waals surface area (Å²) < 4.78 is 0.667. The number of piperidine rings is 1. The van der Waals surface area contributed by atoms with Crippen LogP contribution >= 0.6 is 0 Å². The van der Waals surface area contributed by atoms with Gasteiger partial charge in [-0.25, -0.2) is 4.79 Å². The van der Waals surface area contributed by atoms with Crippen molar-refractivity contribution in [3.63, 3.8) is 0 Å². The zero-order chi connectivity index (χ0) is 15.0. The van der Waals surface area contributed by atoms with Crippen molar-refractivity contribution in [2.75, 3.05) is 6.54 Å². The fourth-order valence-corrected chi connectivity index (χ4v) is 4.68. The van der Waals surface area contributed by atoms with Crippen LogP contribution in [0.5, 0.6) is 0 Å². The lowest BCUT2D eigenvalue weighted by atomic mass is 9.75. The van der Waals surface area contributed by atoms with Gasteiger partial charge in [-0.15, -0.1) is 0 Å². The van der Waals surface area contributed by atoms with E-state index in [1.54, 1.807) is 0 Å². The molecule has 0 radical (unpaired) electrons. The third kappa shape index (κ3) is 2.03. The zero-order valence-electron chi connectivity index (χ0n) is 12.8. The van der Waals surface area contributed by atoms with Crippen molar-refractivity contribution in [3.8, 4) is 0 Å². The third-order valence-corrected chi connectivity index (χ3v) is 5.72. The van der Waals surface area contributed by atoms with Crippen molar-refractivity contribution in [2.45, 2.75) is 44.8 Å². The first-order valence-corrected chi connectivity index (χ1v) is 7.94. The summed E-state index contributed by atoms with van der Waals surface area (Å²) in [6, 6.07) is 10.6. The number of carboxylic acid groups (broad SMARTS) is 1. The second-order valence-corrected chi connectivity index (χ2v) is 6.37. The van der Waals surface area contributed by atoms with Gasteiger partial charge in [0.2, 0.25) is 0 Å². The molecule has 21 heavy (non-hydrogen) atoms. The Bertz CT molecular complexity index is 554. The second kappa shape index (κ2) is 5.30. The van der Waals surface area contributed by atoms with Crippen LogP contribution in [-0.4, -0.2) is 34.2 Å². The fraction of sp³-hybridized carbons (Fsp3) is 0.500. The van der Waals surface area contributed by atoms with Gasteiger partial charge in [-0.2, -0.15) is 0 Å². The number of carboxylic acids is 1. The van der Waals surface area contributed by atoms with E-state index in [0.29, 0.717) is 10.5 Å². The van der Waals surface area contributed by atoms with Crippen LogP contribution in [0.3, 0.4) is 0 Å². The molecule has 1 unspecified atom stereocenters. The molecule has 1 N–H and O–H groups in total. The lowest BCUT2D eigenvalue weighted by Crippen LogP contribution is -2.70. The Morgan fingerprint density at radius 2 is 2.00 bits per heavy atom. The molecule has 1 aromatic rings. The summed E-state index contributed by atoms with van der Waals surface area (Å²) in [5, 5.41) is 9.87. The van der Waals surface area contributed by atoms with E-state index in [-0.39, 0.29) is 18.0 Å². The summed E-state index contributed by atoms with van der Waals surface area (Å²) in [5.41, 5.74) is 1.24. The lowest BCUT2D eigenvalue weighted by Gasteiger charge is -2.57. The Labute approximate surface area is 126 Å². The molecule has 112 valence electrons. The van der Waals surface area contributed by atoms with Gasteiger partial charge in [0.1, 0.15) is 12.1 Å². The van der Waals surface area contributed by atoms with Crippen LogP contribution in [0, 0.1) is 5.92 Å². The molecule has 1 fully saturated rings. The van der Waals surface area contributed by atoms with Gasteiger partial charge in [0.15, 0.2) is 6.04 Å². The van der Waals surface area contributed by atoms with Crippen molar-refractivity contribution < 1.29 is 14.4 Å². The molecule has 2 bridgehead atoms. The number of fused-ring (bicyclic) bond motifs is 2. The molecule has 3 aliphatic rings. The second-order valence-electron chi connectivity index (χ2n) is 6.37. The first-order chi connectivity index (χ1) is 10.1. The monoisotopic (exact) mass is 286 g/mol. The number of hydrogen-bond donors (Lipinski definition) is 1. The standard InChI is InChI=1S/C18H23NO2/c1-3-19(13(2)14-7-5-4-6-8-14)16-11-9-15(10-12-16)17(19)18(20)21/h4-9,11,13,15-17H,3,10,12H2,1-2H3/p+1/t13-,15+,16?,17+,19-/m1/s1. The van der Waals surface area contributed by atoms with Crippen molar-refractivity contribution in [2.24, 2.45) is 5.92 Å². The van der Waals surface area contributed by atoms with E-state index < -0.39 is 5.97 Å². The van der Waals surface area contributed by atoms with Crippen molar-refractivity contribution in [1.29, 1.82) is 0 Å². The summed E-state index contributed by atoms with van der Waals surface area (Å²) in [7, 11) is 0. The van der Waals surface area contributed by atoms with Crippen molar-refractivity contribution >= 4 is 5.97 Å². The van der Waals surface area contributed by atoms with E-state index in [4.69, 9.17) is 0 Å². The van der Waals surface area contributed by atoms with E-state index in [1.807, 2.05) is 18.2 Å². The summed E-state index contributed by atoms with van der Waals surface area (Å²) >= 11 is 0. The molecular weight excluding hydrogens is 262 g/mol. The average molecular weight is 286 g/mol. The van der Waals surface area contributed by atoms with Crippen LogP contribution in [-0.2, 0) is 4.79 Å². The molecule has 4 rings (SSSR count). The van der Waals surface area contributed by atoms with E-state index in [2.05, 4.69) is 38.1 Å². The highest BCUT2D eigenvalue weighted by atomic mass is 16.4. The van der Waals surface area contributed by atoms with Gasteiger partial charge < -0.3 is 9.59 Å². The molecule has 3 heteroatoms. The molecule has 2 aliphatic heterocycles. The van der Waals surface area contributed by atoms with Crippen LogP contribution in [0.15, 0.2) is 42.5 Å². The number of nitrogens with zero attached hydrogens (tertiary/aromatic N) is 1. The quantitative estimate of drug-likeness (QED) is 0.680. The van der Waals surface area contributed by atoms with Gasteiger partial charge in [-0.05, 0) is 26.3 Å². The maximum absolute atomic E-state index is 12.0. The highest BCUT2D eigenvalue weighted by Crippen LogP contribution is 2.47. The highest BCUT2D eigenvalue weighted by molar-refractivity contribution is 5.73. The van der Waals surface area contributed by atoms with Gasteiger partial charge in [0.25, 0.3) is 0 Å². The number of hydrogen-bond acceptors (Lipinski definition) is 1. The first-order valence-electron chi connectivity index (χ1n) is 7.94. The summed E-state index contributed by atoms with van der Waals surface area (Å²) in [6.45, 7) is 5.20. The zero-order valence-corrected chi connectivity index (χ0v) is 12.8. The Balaban J connectivity index is 2.09. The minimum atomic E-state index is -0.640.